The molecule has 1 aromatic heterocycles. The molecule has 2 heterocycles. The second-order valence-electron chi connectivity index (χ2n) is 6.64. The molecule has 0 fully saturated rings. The maximum atomic E-state index is 12.3. The predicted molar refractivity (Wildman–Crippen MR) is 109 cm³/mol. The smallest absolute Gasteiger partial charge is 0.248 e. The lowest BCUT2D eigenvalue weighted by atomic mass is 9.95. The van der Waals surface area contributed by atoms with Crippen LogP contribution in [0.15, 0.2) is 59.8 Å². The molecule has 1 aliphatic rings. The van der Waals surface area contributed by atoms with Gasteiger partial charge in [-0.05, 0) is 48.9 Å². The first kappa shape index (κ1) is 18.5. The number of hydrogen-bond acceptors (Lipinski definition) is 6. The van der Waals surface area contributed by atoms with Gasteiger partial charge in [0.1, 0.15) is 17.5 Å². The first-order valence-electron chi connectivity index (χ1n) is 9.04. The van der Waals surface area contributed by atoms with E-state index in [-0.39, 0.29) is 0 Å². The van der Waals surface area contributed by atoms with Gasteiger partial charge in [0.05, 0.1) is 19.8 Å². The van der Waals surface area contributed by atoms with Crippen molar-refractivity contribution in [1.82, 2.24) is 14.8 Å². The maximum absolute atomic E-state index is 12.3. The fraction of sp³-hybridized carbons (Fsp3) is 0.190. The van der Waals surface area contributed by atoms with Crippen LogP contribution in [0.1, 0.15) is 18.5 Å². The normalized spacial score (nSPS) is 15.5. The number of carbonyl (C=O) groups excluding carboxylic acids is 1. The molecule has 0 bridgehead atoms. The van der Waals surface area contributed by atoms with Gasteiger partial charge in [-0.15, -0.1) is 5.10 Å². The van der Waals surface area contributed by atoms with Gasteiger partial charge in [0.2, 0.25) is 11.9 Å². The van der Waals surface area contributed by atoms with Crippen LogP contribution in [0.25, 0.3) is 11.4 Å². The third kappa shape index (κ3) is 3.29. The highest BCUT2D eigenvalue weighted by atomic mass is 16.5. The Morgan fingerprint density at radius 1 is 1.10 bits per heavy atom. The van der Waals surface area contributed by atoms with Gasteiger partial charge in [-0.1, -0.05) is 12.1 Å². The van der Waals surface area contributed by atoms with E-state index in [4.69, 9.17) is 15.2 Å². The van der Waals surface area contributed by atoms with Gasteiger partial charge >= 0.3 is 0 Å². The number of nitrogens with zero attached hydrogens (tertiary/aromatic N) is 3. The Morgan fingerprint density at radius 2 is 1.83 bits per heavy atom. The van der Waals surface area contributed by atoms with Crippen LogP contribution in [-0.4, -0.2) is 34.9 Å². The quantitative estimate of drug-likeness (QED) is 0.693. The van der Waals surface area contributed by atoms with E-state index in [0.29, 0.717) is 28.8 Å². The molecule has 3 N–H and O–H groups in total. The van der Waals surface area contributed by atoms with Crippen molar-refractivity contribution in [3.05, 3.63) is 65.4 Å². The number of anilines is 1. The number of ether oxygens (including phenoxy) is 2. The number of allylic oxidation sites excluding steroid dienone is 1. The highest BCUT2D eigenvalue weighted by molar-refractivity contribution is 5.95. The number of carbonyl (C=O) groups is 1. The minimum Gasteiger partial charge on any atom is -0.497 e. The van der Waals surface area contributed by atoms with Gasteiger partial charge in [0.15, 0.2) is 5.82 Å². The average molecular weight is 391 g/mol. The van der Waals surface area contributed by atoms with Gasteiger partial charge in [-0.25, -0.2) is 4.68 Å². The maximum Gasteiger partial charge on any atom is 0.248 e. The van der Waals surface area contributed by atoms with Gasteiger partial charge in [-0.3, -0.25) is 4.79 Å². The molecule has 0 radical (unpaired) electrons. The summed E-state index contributed by atoms with van der Waals surface area (Å²) in [6, 6.07) is 14.4. The molecule has 8 nitrogen and oxygen atoms in total. The van der Waals surface area contributed by atoms with Gasteiger partial charge < -0.3 is 20.5 Å². The van der Waals surface area contributed by atoms with E-state index in [2.05, 4.69) is 15.4 Å². The summed E-state index contributed by atoms with van der Waals surface area (Å²) in [5.74, 6) is 1.97. The lowest BCUT2D eigenvalue weighted by molar-refractivity contribution is -0.115. The third-order valence-electron chi connectivity index (χ3n) is 4.88. The summed E-state index contributed by atoms with van der Waals surface area (Å²) in [6.45, 7) is 1.80. The second kappa shape index (κ2) is 7.31. The van der Waals surface area contributed by atoms with E-state index in [9.17, 15) is 4.79 Å². The van der Waals surface area contributed by atoms with Crippen molar-refractivity contribution < 1.29 is 14.3 Å². The largest absolute Gasteiger partial charge is 0.497 e. The summed E-state index contributed by atoms with van der Waals surface area (Å²) in [5.41, 5.74) is 8.45. The SMILES string of the molecule is COc1ccc(-c2nc3n(n2)[C@@H](c2cccc(OC)c2)C(C(N)=O)=C(C)N3)cc1. The second-order valence-corrected chi connectivity index (χ2v) is 6.64. The molecular weight excluding hydrogens is 370 g/mol. The van der Waals surface area contributed by atoms with Gasteiger partial charge in [-0.2, -0.15) is 4.98 Å². The van der Waals surface area contributed by atoms with Crippen molar-refractivity contribution in [1.29, 1.82) is 0 Å². The Balaban J connectivity index is 1.84. The molecule has 3 aromatic rings. The monoisotopic (exact) mass is 391 g/mol. The molecule has 0 saturated heterocycles. The average Bonchev–Trinajstić information content (AvgIpc) is 3.16. The number of nitrogens with one attached hydrogen (secondary N) is 1. The van der Waals surface area contributed by atoms with Crippen molar-refractivity contribution >= 4 is 11.9 Å². The summed E-state index contributed by atoms with van der Waals surface area (Å²) < 4.78 is 12.2. The first-order chi connectivity index (χ1) is 14.0. The number of amides is 1. The minimum atomic E-state index is -0.519. The summed E-state index contributed by atoms with van der Waals surface area (Å²) in [4.78, 5) is 16.9. The molecule has 0 aliphatic carbocycles. The van der Waals surface area contributed by atoms with Crippen LogP contribution in [0.2, 0.25) is 0 Å². The fourth-order valence-electron chi connectivity index (χ4n) is 3.45. The molecule has 1 atom stereocenters. The highest BCUT2D eigenvalue weighted by Crippen LogP contribution is 2.37. The molecule has 1 aliphatic heterocycles. The zero-order valence-electron chi connectivity index (χ0n) is 16.3. The molecule has 148 valence electrons. The molecule has 2 aromatic carbocycles. The Labute approximate surface area is 168 Å². The van der Waals surface area contributed by atoms with E-state index in [1.807, 2.05) is 48.5 Å². The van der Waals surface area contributed by atoms with E-state index in [0.717, 1.165) is 16.9 Å². The molecule has 0 unspecified atom stereocenters. The van der Waals surface area contributed by atoms with Crippen molar-refractivity contribution in [3.63, 3.8) is 0 Å². The van der Waals surface area contributed by atoms with Crippen LogP contribution in [-0.2, 0) is 4.79 Å². The molecule has 0 spiro atoms. The van der Waals surface area contributed by atoms with Crippen molar-refractivity contribution in [2.24, 2.45) is 5.73 Å². The van der Waals surface area contributed by atoms with Gasteiger partial charge in [0, 0.05) is 11.3 Å². The number of methoxy groups -OCH3 is 2. The number of hydrogen-bond donors (Lipinski definition) is 2. The zero-order valence-corrected chi connectivity index (χ0v) is 16.3. The fourth-order valence-corrected chi connectivity index (χ4v) is 3.45. The van der Waals surface area contributed by atoms with Crippen LogP contribution < -0.4 is 20.5 Å². The van der Waals surface area contributed by atoms with Crippen LogP contribution in [0.3, 0.4) is 0 Å². The molecule has 0 saturated carbocycles. The first-order valence-corrected chi connectivity index (χ1v) is 9.04. The molecule has 4 rings (SSSR count). The Bertz CT molecular complexity index is 1100. The summed E-state index contributed by atoms with van der Waals surface area (Å²) in [7, 11) is 3.21. The topological polar surface area (TPSA) is 104 Å². The summed E-state index contributed by atoms with van der Waals surface area (Å²) >= 11 is 0. The van der Waals surface area contributed by atoms with Crippen LogP contribution in [0.4, 0.5) is 5.95 Å². The van der Waals surface area contributed by atoms with Crippen molar-refractivity contribution in [2.45, 2.75) is 13.0 Å². The standard InChI is InChI=1S/C21H21N5O3/c1-12-17(19(22)27)18(14-5-4-6-16(11-14)29-3)26-21(23-12)24-20(25-26)13-7-9-15(28-2)10-8-13/h4-11,18H,1-3H3,(H2,22,27)(H,23,24,25)/t18-/m0/s1. The molecule has 8 heteroatoms. The summed E-state index contributed by atoms with van der Waals surface area (Å²) in [5, 5.41) is 7.82. The van der Waals surface area contributed by atoms with E-state index in [1.54, 1.807) is 25.8 Å². The Hall–Kier alpha value is -3.81. The lowest BCUT2D eigenvalue weighted by Gasteiger charge is -2.27. The van der Waals surface area contributed by atoms with E-state index >= 15 is 0 Å². The number of aromatic nitrogens is 3. The molecule has 1 amide bonds. The summed E-state index contributed by atoms with van der Waals surface area (Å²) in [6.07, 6.45) is 0. The van der Waals surface area contributed by atoms with Crippen molar-refractivity contribution in [2.75, 3.05) is 19.5 Å². The lowest BCUT2D eigenvalue weighted by Crippen LogP contribution is -2.31. The number of nitrogens with two attached hydrogens (primary N) is 1. The highest BCUT2D eigenvalue weighted by Gasteiger charge is 2.33. The molecule has 29 heavy (non-hydrogen) atoms. The number of rotatable bonds is 5. The Morgan fingerprint density at radius 3 is 2.48 bits per heavy atom. The van der Waals surface area contributed by atoms with E-state index < -0.39 is 11.9 Å². The van der Waals surface area contributed by atoms with Crippen LogP contribution in [0.5, 0.6) is 11.5 Å². The third-order valence-corrected chi connectivity index (χ3v) is 4.88. The Kier molecular flexibility index (Phi) is 4.67. The number of fused-ring (bicyclic) bond motifs is 1. The predicted octanol–water partition coefficient (Wildman–Crippen LogP) is 2.74. The minimum absolute atomic E-state index is 0.428. The van der Waals surface area contributed by atoms with Crippen molar-refractivity contribution in [3.8, 4) is 22.9 Å². The number of benzene rings is 2. The number of primary amides is 1. The van der Waals surface area contributed by atoms with Crippen LogP contribution in [0, 0.1) is 0 Å². The van der Waals surface area contributed by atoms with Crippen LogP contribution >= 0.6 is 0 Å². The van der Waals surface area contributed by atoms with Gasteiger partial charge in [0.25, 0.3) is 0 Å². The molecular formula is C21H21N5O3. The zero-order chi connectivity index (χ0) is 20.5. The van der Waals surface area contributed by atoms with E-state index in [1.165, 1.54) is 0 Å².